The van der Waals surface area contributed by atoms with Gasteiger partial charge in [-0.25, -0.2) is 0 Å². The maximum Gasteiger partial charge on any atom is 0.182 e. The Morgan fingerprint density at radius 1 is 1.06 bits per heavy atom. The van der Waals surface area contributed by atoms with Crippen molar-refractivity contribution in [3.05, 3.63) is 0 Å². The zero-order valence-corrected chi connectivity index (χ0v) is 11.8. The Morgan fingerprint density at radius 3 is 1.88 bits per heavy atom. The van der Waals surface area contributed by atoms with Crippen LogP contribution in [0.25, 0.3) is 0 Å². The summed E-state index contributed by atoms with van der Waals surface area (Å²) in [5.74, 6) is 0. The van der Waals surface area contributed by atoms with Crippen molar-refractivity contribution < 1.29 is 14.9 Å². The molecule has 1 fully saturated rings. The number of aliphatic hydroxyl groups is 2. The Balaban J connectivity index is 0. The van der Waals surface area contributed by atoms with Gasteiger partial charge in [0, 0.05) is 6.04 Å². The second-order valence-corrected chi connectivity index (χ2v) is 3.59. The Morgan fingerprint density at radius 2 is 1.50 bits per heavy atom. The van der Waals surface area contributed by atoms with E-state index in [1.54, 1.807) is 0 Å². The van der Waals surface area contributed by atoms with Crippen molar-refractivity contribution in [1.29, 1.82) is 0 Å². The van der Waals surface area contributed by atoms with E-state index in [0.29, 0.717) is 0 Å². The van der Waals surface area contributed by atoms with Crippen LogP contribution in [0.4, 0.5) is 0 Å². The van der Waals surface area contributed by atoms with E-state index in [-0.39, 0.29) is 12.1 Å². The molecule has 0 radical (unpaired) electrons. The molecule has 4 heteroatoms. The predicted molar refractivity (Wildman–Crippen MR) is 67.3 cm³/mol. The number of hydrogen-bond acceptors (Lipinski definition) is 4. The van der Waals surface area contributed by atoms with E-state index in [4.69, 9.17) is 4.74 Å². The number of hydrogen-bond donors (Lipinski definition) is 2. The van der Waals surface area contributed by atoms with Crippen LogP contribution in [0, 0.1) is 0 Å². The Labute approximate surface area is 100 Å². The van der Waals surface area contributed by atoms with Gasteiger partial charge in [-0.3, -0.25) is 0 Å². The van der Waals surface area contributed by atoms with Gasteiger partial charge >= 0.3 is 0 Å². The highest BCUT2D eigenvalue weighted by Gasteiger charge is 2.35. The fraction of sp³-hybridized carbons (Fsp3) is 1.00. The first-order valence-corrected chi connectivity index (χ1v) is 6.20. The van der Waals surface area contributed by atoms with Crippen molar-refractivity contribution in [2.45, 2.75) is 65.6 Å². The van der Waals surface area contributed by atoms with Gasteiger partial charge in [-0.2, -0.15) is 0 Å². The van der Waals surface area contributed by atoms with Gasteiger partial charge in [0.1, 0.15) is 6.10 Å². The summed E-state index contributed by atoms with van der Waals surface area (Å²) in [5, 5.41) is 18.8. The summed E-state index contributed by atoms with van der Waals surface area (Å²) < 4.78 is 5.06. The fourth-order valence-corrected chi connectivity index (χ4v) is 1.56. The van der Waals surface area contributed by atoms with Crippen LogP contribution in [0.2, 0.25) is 0 Å². The summed E-state index contributed by atoms with van der Waals surface area (Å²) in [6.07, 6.45) is -1.07. The smallest absolute Gasteiger partial charge is 0.182 e. The van der Waals surface area contributed by atoms with Gasteiger partial charge in [0.25, 0.3) is 0 Å². The lowest BCUT2D eigenvalue weighted by Crippen LogP contribution is -2.53. The molecule has 0 aromatic heterocycles. The van der Waals surface area contributed by atoms with E-state index < -0.39 is 12.4 Å². The summed E-state index contributed by atoms with van der Waals surface area (Å²) in [4.78, 5) is 1.91. The van der Waals surface area contributed by atoms with E-state index >= 15 is 0 Å². The molecule has 0 spiro atoms. The molecule has 100 valence electrons. The predicted octanol–water partition coefficient (Wildman–Crippen LogP) is 1.46. The van der Waals surface area contributed by atoms with Crippen LogP contribution in [-0.4, -0.2) is 53.7 Å². The summed E-state index contributed by atoms with van der Waals surface area (Å²) >= 11 is 0. The van der Waals surface area contributed by atoms with Gasteiger partial charge in [0.05, 0.1) is 6.10 Å². The maximum atomic E-state index is 9.51. The molecular formula is C12H29NO3. The van der Waals surface area contributed by atoms with Crippen LogP contribution < -0.4 is 0 Å². The van der Waals surface area contributed by atoms with Crippen molar-refractivity contribution >= 4 is 0 Å². The van der Waals surface area contributed by atoms with Gasteiger partial charge in [0.15, 0.2) is 6.29 Å². The maximum absolute atomic E-state index is 9.51. The molecular weight excluding hydrogens is 206 g/mol. The molecule has 0 aromatic carbocycles. The first-order valence-electron chi connectivity index (χ1n) is 6.20. The molecule has 1 heterocycles. The minimum Gasteiger partial charge on any atom is -0.386 e. The Bertz CT molecular complexity index is 153. The third-order valence-electron chi connectivity index (χ3n) is 2.29. The van der Waals surface area contributed by atoms with Crippen molar-refractivity contribution in [2.75, 3.05) is 14.1 Å². The minimum absolute atomic E-state index is 0.01000. The Kier molecular flexibility index (Phi) is 11.4. The van der Waals surface area contributed by atoms with E-state index in [1.165, 1.54) is 0 Å². The average molecular weight is 235 g/mol. The summed E-state index contributed by atoms with van der Waals surface area (Å²) in [5.41, 5.74) is 0. The number of aliphatic hydroxyl groups excluding tert-OH is 2. The third-order valence-corrected chi connectivity index (χ3v) is 2.29. The molecule has 0 amide bonds. The molecule has 0 saturated carbocycles. The molecule has 4 nitrogen and oxygen atoms in total. The second kappa shape index (κ2) is 10.0. The normalized spacial score (nSPS) is 33.4. The van der Waals surface area contributed by atoms with Gasteiger partial charge in [0.2, 0.25) is 0 Å². The molecule has 2 N–H and O–H groups in total. The highest BCUT2D eigenvalue weighted by Crippen LogP contribution is 2.21. The first kappa shape index (κ1) is 18.2. The molecule has 1 aliphatic heterocycles. The van der Waals surface area contributed by atoms with Crippen molar-refractivity contribution in [2.24, 2.45) is 0 Å². The lowest BCUT2D eigenvalue weighted by atomic mass is 9.99. The molecule has 16 heavy (non-hydrogen) atoms. The monoisotopic (exact) mass is 235 g/mol. The van der Waals surface area contributed by atoms with Gasteiger partial charge < -0.3 is 19.8 Å². The fourth-order valence-electron chi connectivity index (χ4n) is 1.56. The van der Waals surface area contributed by atoms with Crippen LogP contribution in [-0.2, 0) is 4.74 Å². The molecule has 1 rings (SSSR count). The topological polar surface area (TPSA) is 52.9 Å². The van der Waals surface area contributed by atoms with Gasteiger partial charge in [-0.1, -0.05) is 27.7 Å². The van der Waals surface area contributed by atoms with E-state index in [0.717, 1.165) is 6.42 Å². The summed E-state index contributed by atoms with van der Waals surface area (Å²) in [6.45, 7) is 9.89. The molecule has 0 aromatic rings. The highest BCUT2D eigenvalue weighted by atomic mass is 16.6. The van der Waals surface area contributed by atoms with Crippen molar-refractivity contribution in [3.8, 4) is 0 Å². The van der Waals surface area contributed by atoms with Gasteiger partial charge in [-0.05, 0) is 27.4 Å². The van der Waals surface area contributed by atoms with Crippen LogP contribution >= 0.6 is 0 Å². The van der Waals surface area contributed by atoms with Gasteiger partial charge in [-0.15, -0.1) is 0 Å². The molecule has 3 unspecified atom stereocenters. The zero-order chi connectivity index (χ0) is 13.3. The van der Waals surface area contributed by atoms with Crippen LogP contribution in [0.15, 0.2) is 0 Å². The summed E-state index contributed by atoms with van der Waals surface area (Å²) in [6, 6.07) is -0.0104. The number of ether oxygens (including phenoxy) is 1. The van der Waals surface area contributed by atoms with E-state index in [9.17, 15) is 10.2 Å². The van der Waals surface area contributed by atoms with E-state index in [2.05, 4.69) is 0 Å². The number of likely N-dealkylation sites (N-methyl/N-ethyl adjacent to an activating group) is 1. The molecule has 0 aliphatic carbocycles. The van der Waals surface area contributed by atoms with Crippen LogP contribution in [0.1, 0.15) is 41.0 Å². The molecule has 1 saturated heterocycles. The largest absolute Gasteiger partial charge is 0.386 e. The lowest BCUT2D eigenvalue weighted by Gasteiger charge is -2.38. The molecule has 1 aliphatic rings. The molecule has 0 bridgehead atoms. The van der Waals surface area contributed by atoms with Crippen molar-refractivity contribution in [3.63, 3.8) is 0 Å². The lowest BCUT2D eigenvalue weighted by molar-refractivity contribution is -0.230. The first-order chi connectivity index (χ1) is 7.52. The number of nitrogens with zero attached hydrogens (tertiary/aromatic N) is 1. The van der Waals surface area contributed by atoms with Crippen LogP contribution in [0.3, 0.4) is 0 Å². The number of rotatable bonds is 1. The third kappa shape index (κ3) is 5.80. The minimum atomic E-state index is -1.04. The molecule has 4 atom stereocenters. The van der Waals surface area contributed by atoms with E-state index in [1.807, 2.05) is 53.6 Å². The summed E-state index contributed by atoms with van der Waals surface area (Å²) in [7, 11) is 3.78. The van der Waals surface area contributed by atoms with Crippen LogP contribution in [0.5, 0.6) is 0 Å². The standard InChI is InChI=1S/C8H17NO3.2C2H6/c1-5-4-6(9(2)3)7(10)8(11)12-5;2*1-2/h5-8,10-11H,4H2,1-3H3;2*1-2H3/t5?,6?,7-,8?;;/m1../s1. The zero-order valence-electron chi connectivity index (χ0n) is 11.8. The van der Waals surface area contributed by atoms with Crippen molar-refractivity contribution in [1.82, 2.24) is 4.90 Å². The SMILES string of the molecule is CC.CC.CC1CC(N(C)C)[C@@H](O)C(O)O1. The highest BCUT2D eigenvalue weighted by molar-refractivity contribution is 4.84. The second-order valence-electron chi connectivity index (χ2n) is 3.59. The Hall–Kier alpha value is -0.160. The average Bonchev–Trinajstić information content (AvgIpc) is 2.28. The quantitative estimate of drug-likeness (QED) is 0.722.